The topological polar surface area (TPSA) is 50.3 Å². The van der Waals surface area contributed by atoms with Crippen molar-refractivity contribution >= 4 is 25.8 Å². The van der Waals surface area contributed by atoms with Gasteiger partial charge in [0.2, 0.25) is 5.95 Å². The summed E-state index contributed by atoms with van der Waals surface area (Å²) in [6, 6.07) is 1.66. The van der Waals surface area contributed by atoms with Crippen LogP contribution in [-0.2, 0) is 16.4 Å². The van der Waals surface area contributed by atoms with Gasteiger partial charge in [0, 0.05) is 35.1 Å². The van der Waals surface area contributed by atoms with Crippen molar-refractivity contribution in [2.75, 3.05) is 25.1 Å². The third kappa shape index (κ3) is 4.62. The predicted octanol–water partition coefficient (Wildman–Crippen LogP) is 1.85. The van der Waals surface area contributed by atoms with Gasteiger partial charge in [-0.05, 0) is 13.1 Å². The normalized spacial score (nSPS) is 12.1. The van der Waals surface area contributed by atoms with E-state index in [4.69, 9.17) is 0 Å². The van der Waals surface area contributed by atoms with Crippen molar-refractivity contribution in [1.82, 2.24) is 9.88 Å². The maximum absolute atomic E-state index is 13.5. The number of nitrogens with zero attached hydrogens (tertiary/aromatic N) is 2. The van der Waals surface area contributed by atoms with Gasteiger partial charge in [0.25, 0.3) is 0 Å². The molecule has 0 N–H and O–H groups in total. The fraction of sp³-hybridized carbons (Fsp3) is 0.545. The van der Waals surface area contributed by atoms with E-state index in [1.165, 1.54) is 6.20 Å². The summed E-state index contributed by atoms with van der Waals surface area (Å²) < 4.78 is 36.8. The molecule has 1 aromatic rings. The highest BCUT2D eigenvalue weighted by atomic mass is 79.9. The fourth-order valence-corrected chi connectivity index (χ4v) is 2.66. The van der Waals surface area contributed by atoms with E-state index in [1.807, 2.05) is 0 Å². The first kappa shape index (κ1) is 15.5. The monoisotopic (exact) mass is 338 g/mol. The van der Waals surface area contributed by atoms with Gasteiger partial charge in [-0.15, -0.1) is 0 Å². The van der Waals surface area contributed by atoms with Crippen molar-refractivity contribution in [1.29, 1.82) is 0 Å². The largest absolute Gasteiger partial charge is 0.301 e. The highest BCUT2D eigenvalue weighted by Crippen LogP contribution is 2.19. The maximum atomic E-state index is 13.5. The molecule has 0 aliphatic heterocycles. The minimum Gasteiger partial charge on any atom is -0.301 e. The average molecular weight is 339 g/mol. The van der Waals surface area contributed by atoms with Crippen LogP contribution in [0.3, 0.4) is 0 Å². The number of pyridine rings is 1. The first-order valence-electron chi connectivity index (χ1n) is 5.53. The second-order valence-corrected chi connectivity index (χ2v) is 7.36. The Labute approximate surface area is 115 Å². The zero-order valence-corrected chi connectivity index (χ0v) is 12.8. The van der Waals surface area contributed by atoms with Crippen LogP contribution in [0.25, 0.3) is 0 Å². The van der Waals surface area contributed by atoms with E-state index in [9.17, 15) is 12.8 Å². The molecule has 0 saturated heterocycles. The molecule has 1 rings (SSSR count). The van der Waals surface area contributed by atoms with E-state index >= 15 is 0 Å². The van der Waals surface area contributed by atoms with Gasteiger partial charge in [0.15, 0.2) is 9.84 Å². The molecule has 102 valence electrons. The molecule has 0 bridgehead atoms. The molecule has 4 nitrogen and oxygen atoms in total. The Kier molecular flexibility index (Phi) is 5.68. The molecule has 0 aromatic carbocycles. The third-order valence-corrected chi connectivity index (χ3v) is 5.03. The van der Waals surface area contributed by atoms with Crippen LogP contribution in [0.5, 0.6) is 0 Å². The second-order valence-electron chi connectivity index (χ2n) is 4.04. The molecular weight excluding hydrogens is 323 g/mol. The lowest BCUT2D eigenvalue weighted by atomic mass is 10.2. The zero-order valence-electron chi connectivity index (χ0n) is 10.4. The first-order valence-corrected chi connectivity index (χ1v) is 8.15. The molecule has 0 radical (unpaired) electrons. The third-order valence-electron chi connectivity index (χ3n) is 2.60. The predicted molar refractivity (Wildman–Crippen MR) is 72.6 cm³/mol. The van der Waals surface area contributed by atoms with Crippen LogP contribution in [0.4, 0.5) is 4.39 Å². The van der Waals surface area contributed by atoms with Gasteiger partial charge in [0.05, 0.1) is 5.75 Å². The summed E-state index contributed by atoms with van der Waals surface area (Å²) >= 11 is 3.25. The van der Waals surface area contributed by atoms with E-state index in [0.717, 1.165) is 0 Å². The fourth-order valence-electron chi connectivity index (χ4n) is 1.37. The van der Waals surface area contributed by atoms with Gasteiger partial charge < -0.3 is 4.90 Å². The molecule has 1 aromatic heterocycles. The number of halogens is 2. The lowest BCUT2D eigenvalue weighted by Gasteiger charge is -2.17. The summed E-state index contributed by atoms with van der Waals surface area (Å²) in [6.07, 6.45) is 1.38. The second kappa shape index (κ2) is 6.58. The number of rotatable bonds is 6. The molecule has 0 amide bonds. The summed E-state index contributed by atoms with van der Waals surface area (Å²) in [6.45, 7) is 2.31. The van der Waals surface area contributed by atoms with Crippen LogP contribution in [-0.4, -0.2) is 43.4 Å². The van der Waals surface area contributed by atoms with Crippen molar-refractivity contribution < 1.29 is 12.8 Å². The molecule has 0 atom stereocenters. The van der Waals surface area contributed by atoms with Crippen LogP contribution in [0.15, 0.2) is 16.7 Å². The number of aromatic nitrogens is 1. The van der Waals surface area contributed by atoms with E-state index in [0.29, 0.717) is 23.1 Å². The molecule has 1 heterocycles. The molecule has 0 aliphatic rings. The highest BCUT2D eigenvalue weighted by Gasteiger charge is 2.13. The van der Waals surface area contributed by atoms with Gasteiger partial charge in [-0.25, -0.2) is 13.4 Å². The lowest BCUT2D eigenvalue weighted by molar-refractivity contribution is 0.336. The SMILES string of the molecule is CCS(=O)(=O)CCN(C)Cc1c(Br)ccnc1F. The zero-order chi connectivity index (χ0) is 13.8. The minimum absolute atomic E-state index is 0.0828. The summed E-state index contributed by atoms with van der Waals surface area (Å²) in [7, 11) is -1.24. The van der Waals surface area contributed by atoms with Gasteiger partial charge in [-0.1, -0.05) is 22.9 Å². The Morgan fingerprint density at radius 1 is 1.50 bits per heavy atom. The summed E-state index contributed by atoms with van der Waals surface area (Å²) in [5, 5.41) is 0. The summed E-state index contributed by atoms with van der Waals surface area (Å²) in [4.78, 5) is 5.34. The van der Waals surface area contributed by atoms with Crippen LogP contribution >= 0.6 is 15.9 Å². The van der Waals surface area contributed by atoms with Gasteiger partial charge in [-0.3, -0.25) is 0 Å². The molecule has 18 heavy (non-hydrogen) atoms. The molecule has 7 heteroatoms. The lowest BCUT2D eigenvalue weighted by Crippen LogP contribution is -2.26. The van der Waals surface area contributed by atoms with E-state index in [-0.39, 0.29) is 11.5 Å². The summed E-state index contributed by atoms with van der Waals surface area (Å²) in [5.74, 6) is -0.319. The molecular formula is C11H16BrFN2O2S. The Morgan fingerprint density at radius 2 is 2.17 bits per heavy atom. The van der Waals surface area contributed by atoms with Crippen molar-refractivity contribution in [3.63, 3.8) is 0 Å². The highest BCUT2D eigenvalue weighted by molar-refractivity contribution is 9.10. The molecule has 0 fully saturated rings. The van der Waals surface area contributed by atoms with Crippen molar-refractivity contribution in [3.05, 3.63) is 28.2 Å². The standard InChI is InChI=1S/C11H16BrFN2O2S/c1-3-18(16,17)7-6-15(2)8-9-10(12)4-5-14-11(9)13/h4-5H,3,6-8H2,1-2H3. The summed E-state index contributed by atoms with van der Waals surface area (Å²) in [5.41, 5.74) is 0.439. The molecule has 0 unspecified atom stereocenters. The van der Waals surface area contributed by atoms with E-state index < -0.39 is 15.8 Å². The minimum atomic E-state index is -2.99. The van der Waals surface area contributed by atoms with Gasteiger partial charge in [0.1, 0.15) is 0 Å². The van der Waals surface area contributed by atoms with E-state index in [2.05, 4.69) is 20.9 Å². The molecule has 0 aliphatic carbocycles. The maximum Gasteiger partial charge on any atom is 0.218 e. The molecule has 0 spiro atoms. The number of hydrogen-bond donors (Lipinski definition) is 0. The van der Waals surface area contributed by atoms with Crippen molar-refractivity contribution in [2.45, 2.75) is 13.5 Å². The Hall–Kier alpha value is -0.530. The quantitative estimate of drug-likeness (QED) is 0.743. The van der Waals surface area contributed by atoms with Gasteiger partial charge in [-0.2, -0.15) is 4.39 Å². The van der Waals surface area contributed by atoms with Crippen molar-refractivity contribution in [3.8, 4) is 0 Å². The van der Waals surface area contributed by atoms with Crippen molar-refractivity contribution in [2.24, 2.45) is 0 Å². The van der Waals surface area contributed by atoms with Gasteiger partial charge >= 0.3 is 0 Å². The Bertz CT molecular complexity index is 488. The van der Waals surface area contributed by atoms with E-state index in [1.54, 1.807) is 24.9 Å². The average Bonchev–Trinajstić information content (AvgIpc) is 2.32. The van der Waals surface area contributed by atoms with Crippen LogP contribution < -0.4 is 0 Å². The Balaban J connectivity index is 2.63. The Morgan fingerprint density at radius 3 is 2.72 bits per heavy atom. The first-order chi connectivity index (χ1) is 8.35. The van der Waals surface area contributed by atoms with Crippen LogP contribution in [0, 0.1) is 5.95 Å². The van der Waals surface area contributed by atoms with Crippen LogP contribution in [0.2, 0.25) is 0 Å². The smallest absolute Gasteiger partial charge is 0.218 e. The molecule has 0 saturated carbocycles. The number of hydrogen-bond acceptors (Lipinski definition) is 4. The number of sulfone groups is 1. The van der Waals surface area contributed by atoms with Crippen LogP contribution in [0.1, 0.15) is 12.5 Å².